The molecule has 0 saturated carbocycles. The molecule has 1 aliphatic rings. The first-order valence-corrected chi connectivity index (χ1v) is 6.39. The van der Waals surface area contributed by atoms with E-state index >= 15 is 0 Å². The van der Waals surface area contributed by atoms with Gasteiger partial charge in [0.1, 0.15) is 10.7 Å². The molecule has 2 heterocycles. The number of hydrogen-bond acceptors (Lipinski definition) is 6. The fourth-order valence-electron chi connectivity index (χ4n) is 2.13. The number of nitrogens with two attached hydrogens (primary N) is 1. The smallest absolute Gasteiger partial charge is 0.132 e. The Morgan fingerprint density at radius 1 is 1.44 bits per heavy atom. The highest BCUT2D eigenvalue weighted by atomic mass is 32.1. The molecular formula is C10H19N5S. The number of anilines is 1. The molecule has 1 aromatic rings. The molecule has 1 aliphatic heterocycles. The van der Waals surface area contributed by atoms with Crippen molar-refractivity contribution in [2.75, 3.05) is 32.9 Å². The fraction of sp³-hybridized carbons (Fsp3) is 0.800. The van der Waals surface area contributed by atoms with Crippen LogP contribution in [0.1, 0.15) is 18.5 Å². The third kappa shape index (κ3) is 2.69. The molecule has 0 unspecified atom stereocenters. The maximum atomic E-state index is 5.79. The number of nitrogens with zero attached hydrogens (tertiary/aromatic N) is 4. The van der Waals surface area contributed by atoms with Crippen molar-refractivity contribution in [3.05, 3.63) is 5.69 Å². The quantitative estimate of drug-likeness (QED) is 0.842. The highest BCUT2D eigenvalue weighted by Gasteiger charge is 2.21. The van der Waals surface area contributed by atoms with Crippen LogP contribution in [0.25, 0.3) is 0 Å². The summed E-state index contributed by atoms with van der Waals surface area (Å²) in [4.78, 5) is 4.73. The Labute approximate surface area is 100 Å². The second kappa shape index (κ2) is 5.07. The van der Waals surface area contributed by atoms with Gasteiger partial charge in [0.05, 0.1) is 0 Å². The number of likely N-dealkylation sites (tertiary alicyclic amines) is 1. The molecule has 1 saturated heterocycles. The van der Waals surface area contributed by atoms with Gasteiger partial charge >= 0.3 is 0 Å². The van der Waals surface area contributed by atoms with Crippen LogP contribution in [0.15, 0.2) is 0 Å². The predicted octanol–water partition coefficient (Wildman–Crippen LogP) is 0.646. The van der Waals surface area contributed by atoms with Crippen LogP contribution in [0.2, 0.25) is 0 Å². The maximum Gasteiger partial charge on any atom is 0.132 e. The lowest BCUT2D eigenvalue weighted by atomic mass is 10.0. The lowest BCUT2D eigenvalue weighted by molar-refractivity contribution is 0.139. The molecule has 0 spiro atoms. The first-order chi connectivity index (χ1) is 7.66. The zero-order valence-corrected chi connectivity index (χ0v) is 10.7. The molecule has 2 N–H and O–H groups in total. The summed E-state index contributed by atoms with van der Waals surface area (Å²) in [7, 11) is 4.31. The van der Waals surface area contributed by atoms with Crippen LogP contribution in [-0.2, 0) is 6.54 Å². The lowest BCUT2D eigenvalue weighted by Crippen LogP contribution is -2.41. The minimum Gasteiger partial charge on any atom is -0.388 e. The summed E-state index contributed by atoms with van der Waals surface area (Å²) in [6.45, 7) is 3.10. The van der Waals surface area contributed by atoms with Crippen molar-refractivity contribution in [3.63, 3.8) is 0 Å². The third-order valence-corrected chi connectivity index (χ3v) is 3.84. The van der Waals surface area contributed by atoms with E-state index in [4.69, 9.17) is 5.73 Å². The van der Waals surface area contributed by atoms with Crippen molar-refractivity contribution in [2.45, 2.75) is 25.4 Å². The topological polar surface area (TPSA) is 58.3 Å². The van der Waals surface area contributed by atoms with Crippen molar-refractivity contribution < 1.29 is 0 Å². The lowest BCUT2D eigenvalue weighted by Gasteiger charge is -2.34. The van der Waals surface area contributed by atoms with Crippen LogP contribution < -0.4 is 5.73 Å². The van der Waals surface area contributed by atoms with E-state index in [1.807, 2.05) is 0 Å². The first kappa shape index (κ1) is 11.8. The highest BCUT2D eigenvalue weighted by Crippen LogP contribution is 2.19. The average molecular weight is 241 g/mol. The molecule has 0 aromatic carbocycles. The standard InChI is InChI=1S/C10H19N5S/c1-14(2)8-3-5-15(6-4-8)7-9-10(11)16-13-12-9/h8H,3-7,11H2,1-2H3. The van der Waals surface area contributed by atoms with Gasteiger partial charge in [0, 0.05) is 37.2 Å². The Morgan fingerprint density at radius 3 is 2.62 bits per heavy atom. The second-order valence-corrected chi connectivity index (χ2v) is 5.34. The number of nitrogen functional groups attached to an aromatic ring is 1. The summed E-state index contributed by atoms with van der Waals surface area (Å²) >= 11 is 1.28. The summed E-state index contributed by atoms with van der Waals surface area (Å²) in [5.41, 5.74) is 6.73. The Morgan fingerprint density at radius 2 is 2.12 bits per heavy atom. The van der Waals surface area contributed by atoms with Gasteiger partial charge in [0.15, 0.2) is 0 Å². The largest absolute Gasteiger partial charge is 0.388 e. The minimum atomic E-state index is 0.724. The number of hydrogen-bond donors (Lipinski definition) is 1. The van der Waals surface area contributed by atoms with Crippen LogP contribution in [0, 0.1) is 0 Å². The van der Waals surface area contributed by atoms with Crippen molar-refractivity contribution in [3.8, 4) is 0 Å². The average Bonchev–Trinajstić information content (AvgIpc) is 2.65. The molecule has 16 heavy (non-hydrogen) atoms. The van der Waals surface area contributed by atoms with Gasteiger partial charge < -0.3 is 10.6 Å². The molecule has 90 valence electrons. The van der Waals surface area contributed by atoms with Gasteiger partial charge in [-0.3, -0.25) is 4.90 Å². The van der Waals surface area contributed by atoms with E-state index in [0.717, 1.165) is 36.4 Å². The van der Waals surface area contributed by atoms with E-state index in [9.17, 15) is 0 Å². The highest BCUT2D eigenvalue weighted by molar-refractivity contribution is 7.09. The maximum absolute atomic E-state index is 5.79. The molecular weight excluding hydrogens is 222 g/mol. The van der Waals surface area contributed by atoms with Crippen LogP contribution in [-0.4, -0.2) is 52.6 Å². The van der Waals surface area contributed by atoms with Crippen LogP contribution >= 0.6 is 11.5 Å². The number of rotatable bonds is 3. The van der Waals surface area contributed by atoms with Crippen molar-refractivity contribution in [2.24, 2.45) is 0 Å². The predicted molar refractivity (Wildman–Crippen MR) is 66.3 cm³/mol. The van der Waals surface area contributed by atoms with Gasteiger partial charge in [0.2, 0.25) is 0 Å². The van der Waals surface area contributed by atoms with E-state index < -0.39 is 0 Å². The summed E-state index contributed by atoms with van der Waals surface area (Å²) < 4.78 is 3.86. The van der Waals surface area contributed by atoms with Gasteiger partial charge in [-0.1, -0.05) is 4.49 Å². The molecule has 0 bridgehead atoms. The monoisotopic (exact) mass is 241 g/mol. The molecule has 0 radical (unpaired) electrons. The molecule has 1 aromatic heterocycles. The van der Waals surface area contributed by atoms with E-state index in [2.05, 4.69) is 33.5 Å². The minimum absolute atomic E-state index is 0.724. The van der Waals surface area contributed by atoms with E-state index in [-0.39, 0.29) is 0 Å². The summed E-state index contributed by atoms with van der Waals surface area (Å²) in [5.74, 6) is 0. The van der Waals surface area contributed by atoms with Gasteiger partial charge in [-0.25, -0.2) is 0 Å². The summed E-state index contributed by atoms with van der Waals surface area (Å²) in [6.07, 6.45) is 2.45. The molecule has 0 amide bonds. The van der Waals surface area contributed by atoms with E-state index in [1.54, 1.807) is 0 Å². The van der Waals surface area contributed by atoms with Crippen LogP contribution in [0.3, 0.4) is 0 Å². The van der Waals surface area contributed by atoms with Crippen molar-refractivity contribution in [1.82, 2.24) is 19.4 Å². The SMILES string of the molecule is CN(C)C1CCN(Cc2nnsc2N)CC1. The third-order valence-electron chi connectivity index (χ3n) is 3.25. The van der Waals surface area contributed by atoms with Crippen molar-refractivity contribution >= 4 is 16.5 Å². The zero-order chi connectivity index (χ0) is 11.5. The summed E-state index contributed by atoms with van der Waals surface area (Å²) in [6, 6.07) is 0.724. The molecule has 5 nitrogen and oxygen atoms in total. The zero-order valence-electron chi connectivity index (χ0n) is 9.89. The number of aromatic nitrogens is 2. The van der Waals surface area contributed by atoms with Gasteiger partial charge in [-0.05, 0) is 26.9 Å². The molecule has 2 rings (SSSR count). The fourth-order valence-corrected chi connectivity index (χ4v) is 2.57. The molecule has 6 heteroatoms. The Balaban J connectivity index is 1.84. The Hall–Kier alpha value is -0.720. The Kier molecular flexibility index (Phi) is 3.73. The van der Waals surface area contributed by atoms with Gasteiger partial charge in [0.25, 0.3) is 0 Å². The molecule has 1 fully saturated rings. The normalized spacial score (nSPS) is 19.4. The van der Waals surface area contributed by atoms with E-state index in [0.29, 0.717) is 0 Å². The van der Waals surface area contributed by atoms with E-state index in [1.165, 1.54) is 24.4 Å². The Bertz CT molecular complexity index is 330. The second-order valence-electron chi connectivity index (χ2n) is 4.55. The molecule has 0 atom stereocenters. The van der Waals surface area contributed by atoms with Crippen LogP contribution in [0.4, 0.5) is 5.00 Å². The van der Waals surface area contributed by atoms with Crippen LogP contribution in [0.5, 0.6) is 0 Å². The number of piperidine rings is 1. The molecule has 0 aliphatic carbocycles. The van der Waals surface area contributed by atoms with Crippen molar-refractivity contribution in [1.29, 1.82) is 0 Å². The van der Waals surface area contributed by atoms with Gasteiger partial charge in [-0.2, -0.15) is 0 Å². The summed E-state index contributed by atoms with van der Waals surface area (Å²) in [5, 5.41) is 4.81. The first-order valence-electron chi connectivity index (χ1n) is 5.62. The van der Waals surface area contributed by atoms with Gasteiger partial charge in [-0.15, -0.1) is 5.10 Å².